The van der Waals surface area contributed by atoms with Gasteiger partial charge in [-0.3, -0.25) is 9.63 Å². The topological polar surface area (TPSA) is 45.3 Å². The van der Waals surface area contributed by atoms with Crippen LogP contribution in [0.3, 0.4) is 0 Å². The van der Waals surface area contributed by atoms with Crippen LogP contribution in [0.5, 0.6) is 0 Å². The Labute approximate surface area is 108 Å². The van der Waals surface area contributed by atoms with Crippen molar-refractivity contribution in [3.63, 3.8) is 0 Å². The van der Waals surface area contributed by atoms with Crippen LogP contribution in [0, 0.1) is 0 Å². The highest BCUT2D eigenvalue weighted by atomic mass is 35.5. The number of benzene rings is 1. The van der Waals surface area contributed by atoms with Crippen molar-refractivity contribution in [1.82, 2.24) is 10.0 Å². The first-order valence-corrected chi connectivity index (χ1v) is 5.58. The Hall–Kier alpha value is -1.23. The monoisotopic (exact) mass is 272 g/mol. The van der Waals surface area contributed by atoms with Crippen LogP contribution in [0.25, 0.3) is 10.9 Å². The van der Waals surface area contributed by atoms with Gasteiger partial charge in [-0.05, 0) is 18.2 Å². The lowest BCUT2D eigenvalue weighted by molar-refractivity contribution is -0.0759. The van der Waals surface area contributed by atoms with Crippen molar-refractivity contribution in [2.24, 2.45) is 0 Å². The lowest BCUT2D eigenvalue weighted by Crippen LogP contribution is -2.25. The molecule has 17 heavy (non-hydrogen) atoms. The molecule has 1 aromatic carbocycles. The Kier molecular flexibility index (Phi) is 3.28. The minimum absolute atomic E-state index is 0.268. The highest BCUT2D eigenvalue weighted by Gasteiger charge is 2.14. The number of halogens is 2. The molecule has 0 aliphatic rings. The molecule has 0 unspecified atom stereocenters. The zero-order valence-corrected chi connectivity index (χ0v) is 10.8. The average molecular weight is 273 g/mol. The number of nitrogens with one attached hydrogen (secondary N) is 1. The van der Waals surface area contributed by atoms with Crippen molar-refractivity contribution in [2.45, 2.75) is 0 Å². The maximum atomic E-state index is 11.8. The fourth-order valence-electron chi connectivity index (χ4n) is 1.49. The van der Waals surface area contributed by atoms with Crippen molar-refractivity contribution in [3.05, 3.63) is 33.9 Å². The minimum atomic E-state index is -0.268. The van der Waals surface area contributed by atoms with Crippen molar-refractivity contribution < 1.29 is 9.63 Å². The fourth-order valence-corrected chi connectivity index (χ4v) is 1.83. The molecule has 0 atom stereocenters. The third kappa shape index (κ3) is 2.24. The summed E-state index contributed by atoms with van der Waals surface area (Å²) < 4.78 is 0. The van der Waals surface area contributed by atoms with Gasteiger partial charge in [-0.25, -0.2) is 5.06 Å². The second-order valence-corrected chi connectivity index (χ2v) is 4.34. The summed E-state index contributed by atoms with van der Waals surface area (Å²) in [4.78, 5) is 19.6. The molecule has 4 nitrogen and oxygen atoms in total. The number of carbonyl (C=O) groups is 1. The molecule has 0 aliphatic carbocycles. The predicted molar refractivity (Wildman–Crippen MR) is 67.4 cm³/mol. The molecule has 0 spiro atoms. The second-order valence-electron chi connectivity index (χ2n) is 3.52. The first-order chi connectivity index (χ1) is 8.02. The Morgan fingerprint density at radius 3 is 2.59 bits per heavy atom. The van der Waals surface area contributed by atoms with E-state index in [0.717, 1.165) is 16.0 Å². The number of hydrogen-bond acceptors (Lipinski definition) is 2. The number of amides is 1. The third-order valence-corrected chi connectivity index (χ3v) is 3.17. The molecule has 2 aromatic rings. The molecule has 1 amide bonds. The number of aromatic amines is 1. The summed E-state index contributed by atoms with van der Waals surface area (Å²) in [5, 5.41) is 2.86. The van der Waals surface area contributed by atoms with Gasteiger partial charge in [-0.1, -0.05) is 23.2 Å². The van der Waals surface area contributed by atoms with Crippen molar-refractivity contribution in [1.29, 1.82) is 0 Å². The van der Waals surface area contributed by atoms with Crippen LogP contribution in [0.4, 0.5) is 0 Å². The summed E-state index contributed by atoms with van der Waals surface area (Å²) in [6, 6.07) is 5.09. The summed E-state index contributed by atoms with van der Waals surface area (Å²) in [6.07, 6.45) is 0. The molecular formula is C11H10Cl2N2O2. The van der Waals surface area contributed by atoms with Crippen LogP contribution >= 0.6 is 23.2 Å². The number of hydrogen-bond donors (Lipinski definition) is 1. The first kappa shape index (κ1) is 12.2. The van der Waals surface area contributed by atoms with Gasteiger partial charge in [0, 0.05) is 18.0 Å². The molecule has 0 fully saturated rings. The number of fused-ring (bicyclic) bond motifs is 1. The van der Waals surface area contributed by atoms with E-state index >= 15 is 0 Å². The third-order valence-electron chi connectivity index (χ3n) is 2.45. The normalized spacial score (nSPS) is 10.8. The Morgan fingerprint density at radius 1 is 1.29 bits per heavy atom. The minimum Gasteiger partial charge on any atom is -0.350 e. The zero-order chi connectivity index (χ0) is 12.6. The van der Waals surface area contributed by atoms with Gasteiger partial charge in [0.1, 0.15) is 5.69 Å². The van der Waals surface area contributed by atoms with Gasteiger partial charge in [-0.15, -0.1) is 0 Å². The van der Waals surface area contributed by atoms with E-state index in [1.807, 2.05) is 0 Å². The second kappa shape index (κ2) is 4.56. The maximum absolute atomic E-state index is 11.8. The summed E-state index contributed by atoms with van der Waals surface area (Å²) >= 11 is 11.8. The van der Waals surface area contributed by atoms with Gasteiger partial charge in [0.2, 0.25) is 0 Å². The number of H-pyrrole nitrogens is 1. The van der Waals surface area contributed by atoms with E-state index in [-0.39, 0.29) is 5.91 Å². The molecular weight excluding hydrogens is 263 g/mol. The molecule has 90 valence electrons. The summed E-state index contributed by atoms with van der Waals surface area (Å²) in [5.41, 5.74) is 1.18. The Bertz CT molecular complexity index is 541. The van der Waals surface area contributed by atoms with E-state index in [4.69, 9.17) is 28.0 Å². The highest BCUT2D eigenvalue weighted by Crippen LogP contribution is 2.28. The molecule has 0 saturated carbocycles. The van der Waals surface area contributed by atoms with Gasteiger partial charge in [0.25, 0.3) is 5.91 Å². The quantitative estimate of drug-likeness (QED) is 0.854. The number of nitrogens with zero attached hydrogens (tertiary/aromatic N) is 1. The number of hydroxylamine groups is 2. The smallest absolute Gasteiger partial charge is 0.293 e. The van der Waals surface area contributed by atoms with Gasteiger partial charge in [0.15, 0.2) is 0 Å². The molecule has 0 aliphatic heterocycles. The van der Waals surface area contributed by atoms with Crippen LogP contribution in [0.1, 0.15) is 10.5 Å². The van der Waals surface area contributed by atoms with E-state index in [9.17, 15) is 4.79 Å². The molecule has 0 saturated heterocycles. The van der Waals surface area contributed by atoms with Crippen molar-refractivity contribution in [3.8, 4) is 0 Å². The average Bonchev–Trinajstić information content (AvgIpc) is 2.70. The molecule has 1 N–H and O–H groups in total. The van der Waals surface area contributed by atoms with E-state index in [0.29, 0.717) is 15.7 Å². The SMILES string of the molecule is CON(C)C(=O)c1cc2cc(Cl)c(Cl)cc2[nH]1. The molecule has 1 aromatic heterocycles. The van der Waals surface area contributed by atoms with Crippen molar-refractivity contribution in [2.75, 3.05) is 14.2 Å². The zero-order valence-electron chi connectivity index (χ0n) is 9.25. The molecule has 0 bridgehead atoms. The lowest BCUT2D eigenvalue weighted by Gasteiger charge is -2.11. The lowest BCUT2D eigenvalue weighted by atomic mass is 10.2. The first-order valence-electron chi connectivity index (χ1n) is 4.83. The largest absolute Gasteiger partial charge is 0.350 e. The molecule has 6 heteroatoms. The maximum Gasteiger partial charge on any atom is 0.293 e. The molecule has 0 radical (unpaired) electrons. The van der Waals surface area contributed by atoms with Crippen LogP contribution in [0.2, 0.25) is 10.0 Å². The fraction of sp³-hybridized carbons (Fsp3) is 0.182. The Morgan fingerprint density at radius 2 is 1.94 bits per heavy atom. The van der Waals surface area contributed by atoms with Gasteiger partial charge in [-0.2, -0.15) is 0 Å². The van der Waals surface area contributed by atoms with Crippen LogP contribution < -0.4 is 0 Å². The van der Waals surface area contributed by atoms with Gasteiger partial charge >= 0.3 is 0 Å². The Balaban J connectivity index is 2.48. The number of aromatic nitrogens is 1. The molecule has 2 rings (SSSR count). The van der Waals surface area contributed by atoms with E-state index in [1.165, 1.54) is 14.2 Å². The standard InChI is InChI=1S/C11H10Cl2N2O2/c1-15(17-2)11(16)10-4-6-3-7(12)8(13)5-9(6)14-10/h3-5,14H,1-2H3. The van der Waals surface area contributed by atoms with E-state index in [2.05, 4.69) is 4.98 Å². The van der Waals surface area contributed by atoms with Crippen molar-refractivity contribution >= 4 is 40.0 Å². The highest BCUT2D eigenvalue weighted by molar-refractivity contribution is 6.42. The van der Waals surface area contributed by atoms with Gasteiger partial charge in [0.05, 0.1) is 17.2 Å². The summed E-state index contributed by atoms with van der Waals surface area (Å²) in [5.74, 6) is -0.268. The predicted octanol–water partition coefficient (Wildman–Crippen LogP) is 3.11. The summed E-state index contributed by atoms with van der Waals surface area (Å²) in [6.45, 7) is 0. The van der Waals surface area contributed by atoms with Crippen LogP contribution in [0.15, 0.2) is 18.2 Å². The van der Waals surface area contributed by atoms with Gasteiger partial charge < -0.3 is 4.98 Å². The van der Waals surface area contributed by atoms with Crippen LogP contribution in [-0.2, 0) is 4.84 Å². The van der Waals surface area contributed by atoms with E-state index in [1.54, 1.807) is 18.2 Å². The molecule has 1 heterocycles. The summed E-state index contributed by atoms with van der Waals surface area (Å²) in [7, 11) is 2.96. The number of carbonyl (C=O) groups excluding carboxylic acids is 1. The van der Waals surface area contributed by atoms with Crippen LogP contribution in [-0.4, -0.2) is 30.1 Å². The van der Waals surface area contributed by atoms with E-state index < -0.39 is 0 Å². The number of rotatable bonds is 2.